The predicted molar refractivity (Wildman–Crippen MR) is 136 cm³/mol. The first-order valence-electron chi connectivity index (χ1n) is 10.8. The minimum absolute atomic E-state index is 0.0846. The van der Waals surface area contributed by atoms with Crippen LogP contribution in [0.3, 0.4) is 0 Å². The van der Waals surface area contributed by atoms with Gasteiger partial charge in [-0.3, -0.25) is 19.3 Å². The molecule has 0 saturated carbocycles. The number of aryl methyl sites for hydroxylation is 1. The van der Waals surface area contributed by atoms with Crippen molar-refractivity contribution in [2.75, 3.05) is 11.9 Å². The van der Waals surface area contributed by atoms with Gasteiger partial charge in [0.05, 0.1) is 31.2 Å². The number of rotatable bonds is 8. The van der Waals surface area contributed by atoms with E-state index >= 15 is 0 Å². The van der Waals surface area contributed by atoms with Crippen molar-refractivity contribution in [1.82, 2.24) is 4.90 Å². The van der Waals surface area contributed by atoms with Crippen molar-refractivity contribution < 1.29 is 23.9 Å². The van der Waals surface area contributed by atoms with Gasteiger partial charge in [-0.15, -0.1) is 0 Å². The van der Waals surface area contributed by atoms with E-state index in [2.05, 4.69) is 5.32 Å². The van der Waals surface area contributed by atoms with Gasteiger partial charge < -0.3 is 10.1 Å². The highest BCUT2D eigenvalue weighted by Crippen LogP contribution is 2.45. The molecule has 11 heteroatoms. The first-order valence-corrected chi connectivity index (χ1v) is 12.3. The second-order valence-corrected chi connectivity index (χ2v) is 9.81. The summed E-state index contributed by atoms with van der Waals surface area (Å²) in [7, 11) is 0. The van der Waals surface area contributed by atoms with E-state index in [4.69, 9.17) is 51.1 Å². The molecule has 3 amide bonds. The molecule has 0 fully saturated rings. The van der Waals surface area contributed by atoms with Crippen molar-refractivity contribution >= 4 is 75.8 Å². The fourth-order valence-corrected chi connectivity index (χ4v) is 4.79. The number of nitrogens with one attached hydrogen (secondary N) is 1. The van der Waals surface area contributed by atoms with Crippen molar-refractivity contribution in [3.63, 3.8) is 0 Å². The van der Waals surface area contributed by atoms with Crippen LogP contribution in [0.1, 0.15) is 53.5 Å². The third kappa shape index (κ3) is 5.43. The van der Waals surface area contributed by atoms with Crippen molar-refractivity contribution in [1.29, 1.82) is 0 Å². The Bertz CT molecular complexity index is 1170. The van der Waals surface area contributed by atoms with Gasteiger partial charge in [-0.25, -0.2) is 4.79 Å². The van der Waals surface area contributed by atoms with Crippen LogP contribution in [0.15, 0.2) is 24.3 Å². The number of fused-ring (bicyclic) bond motifs is 1. The van der Waals surface area contributed by atoms with E-state index in [0.717, 1.165) is 10.5 Å². The smallest absolute Gasteiger partial charge is 0.329 e. The maximum Gasteiger partial charge on any atom is 0.329 e. The molecule has 0 saturated heterocycles. The van der Waals surface area contributed by atoms with Gasteiger partial charge in [0.1, 0.15) is 6.04 Å². The Balaban J connectivity index is 1.82. The molecule has 186 valence electrons. The number of benzene rings is 2. The lowest BCUT2D eigenvalue weighted by Gasteiger charge is -2.26. The van der Waals surface area contributed by atoms with E-state index < -0.39 is 36.3 Å². The van der Waals surface area contributed by atoms with Crippen LogP contribution in [-0.2, 0) is 20.7 Å². The fourth-order valence-electron chi connectivity index (χ4n) is 3.77. The molecule has 1 atom stereocenters. The second kappa shape index (κ2) is 11.2. The van der Waals surface area contributed by atoms with Crippen LogP contribution in [-0.4, -0.2) is 41.2 Å². The molecule has 2 aromatic rings. The summed E-state index contributed by atoms with van der Waals surface area (Å²) in [5.74, 6) is -3.29. The minimum Gasteiger partial charge on any atom is -0.454 e. The molecule has 1 N–H and O–H groups in total. The average Bonchev–Trinajstić information content (AvgIpc) is 3.08. The Kier molecular flexibility index (Phi) is 8.70. The summed E-state index contributed by atoms with van der Waals surface area (Å²) in [5, 5.41) is 1.88. The summed E-state index contributed by atoms with van der Waals surface area (Å²) in [5.41, 5.74) is 1.06. The Hall–Kier alpha value is -2.32. The normalized spacial score (nSPS) is 13.8. The number of carbonyl (C=O) groups excluding carboxylic acids is 4. The monoisotopic (exact) mass is 558 g/mol. The zero-order valence-corrected chi connectivity index (χ0v) is 22.1. The van der Waals surface area contributed by atoms with Gasteiger partial charge in [0, 0.05) is 5.69 Å². The average molecular weight is 560 g/mol. The summed E-state index contributed by atoms with van der Waals surface area (Å²) in [6, 6.07) is 5.92. The molecular weight excluding hydrogens is 538 g/mol. The quantitative estimate of drug-likeness (QED) is 0.184. The molecule has 0 unspecified atom stereocenters. The van der Waals surface area contributed by atoms with Crippen LogP contribution in [0.4, 0.5) is 5.69 Å². The molecule has 0 radical (unpaired) electrons. The number of hydrogen-bond acceptors (Lipinski definition) is 5. The van der Waals surface area contributed by atoms with E-state index in [1.165, 1.54) is 0 Å². The molecule has 0 bridgehead atoms. The Morgan fingerprint density at radius 3 is 2.00 bits per heavy atom. The number of esters is 1. The van der Waals surface area contributed by atoms with Gasteiger partial charge in [-0.05, 0) is 30.4 Å². The molecule has 0 aromatic heterocycles. The summed E-state index contributed by atoms with van der Waals surface area (Å²) in [6.07, 6.45) is 0.785. The molecule has 1 aliphatic heterocycles. The Labute approximate surface area is 222 Å². The first kappa shape index (κ1) is 27.3. The van der Waals surface area contributed by atoms with Gasteiger partial charge in [0.25, 0.3) is 17.7 Å². The molecule has 0 aliphatic carbocycles. The van der Waals surface area contributed by atoms with Crippen LogP contribution >= 0.6 is 46.4 Å². The molecule has 3 rings (SSSR count). The third-order valence-corrected chi connectivity index (χ3v) is 7.23. The van der Waals surface area contributed by atoms with E-state index in [1.807, 2.05) is 19.1 Å². The van der Waals surface area contributed by atoms with Gasteiger partial charge in [-0.2, -0.15) is 0 Å². The Morgan fingerprint density at radius 2 is 1.49 bits per heavy atom. The van der Waals surface area contributed by atoms with Crippen LogP contribution in [0.2, 0.25) is 20.1 Å². The lowest BCUT2D eigenvalue weighted by atomic mass is 10.0. The van der Waals surface area contributed by atoms with Crippen molar-refractivity contribution in [3.8, 4) is 0 Å². The number of amides is 3. The highest BCUT2D eigenvalue weighted by molar-refractivity contribution is 6.55. The van der Waals surface area contributed by atoms with Crippen LogP contribution in [0.5, 0.6) is 0 Å². The predicted octanol–water partition coefficient (Wildman–Crippen LogP) is 6.06. The van der Waals surface area contributed by atoms with E-state index in [-0.39, 0.29) is 43.6 Å². The number of para-hydroxylation sites is 1. The van der Waals surface area contributed by atoms with Gasteiger partial charge in [0.15, 0.2) is 6.61 Å². The third-order valence-electron chi connectivity index (χ3n) is 5.43. The van der Waals surface area contributed by atoms with Crippen LogP contribution in [0.25, 0.3) is 0 Å². The van der Waals surface area contributed by atoms with Crippen molar-refractivity contribution in [3.05, 3.63) is 61.0 Å². The maximum atomic E-state index is 13.2. The zero-order chi connectivity index (χ0) is 26.0. The maximum absolute atomic E-state index is 13.2. The van der Waals surface area contributed by atoms with E-state index in [9.17, 15) is 19.2 Å². The number of ether oxygens (including phenoxy) is 1. The number of imide groups is 1. The summed E-state index contributed by atoms with van der Waals surface area (Å²) >= 11 is 24.5. The molecule has 1 heterocycles. The summed E-state index contributed by atoms with van der Waals surface area (Å²) < 4.78 is 5.21. The first-order chi connectivity index (χ1) is 16.5. The van der Waals surface area contributed by atoms with Crippen LogP contribution in [0, 0.1) is 5.92 Å². The van der Waals surface area contributed by atoms with Crippen molar-refractivity contribution in [2.45, 2.75) is 39.7 Å². The second-order valence-electron chi connectivity index (χ2n) is 8.30. The van der Waals surface area contributed by atoms with E-state index in [1.54, 1.807) is 26.0 Å². The summed E-state index contributed by atoms with van der Waals surface area (Å²) in [6.45, 7) is 4.96. The van der Waals surface area contributed by atoms with Crippen LogP contribution < -0.4 is 5.32 Å². The van der Waals surface area contributed by atoms with Gasteiger partial charge in [-0.1, -0.05) is 85.4 Å². The molecular formula is C24H22Cl4N2O5. The number of halogens is 4. The summed E-state index contributed by atoms with van der Waals surface area (Å²) in [4.78, 5) is 52.6. The molecule has 35 heavy (non-hydrogen) atoms. The molecule has 7 nitrogen and oxygen atoms in total. The molecule has 0 spiro atoms. The molecule has 2 aromatic carbocycles. The number of hydrogen-bond donors (Lipinski definition) is 1. The van der Waals surface area contributed by atoms with Gasteiger partial charge in [0.2, 0.25) is 0 Å². The number of carbonyl (C=O) groups is 4. The molecule has 1 aliphatic rings. The lowest BCUT2D eigenvalue weighted by molar-refractivity contribution is -0.151. The highest BCUT2D eigenvalue weighted by atomic mass is 35.5. The fraction of sp³-hybridized carbons (Fsp3) is 0.333. The largest absolute Gasteiger partial charge is 0.454 e. The standard InChI is InChI=1S/C24H22Cl4N2O5/c1-4-12-7-5-6-8-13(12)29-15(31)10-35-24(34)14(9-11(2)3)30-22(32)16-17(23(30)33)19(26)21(28)20(27)18(16)25/h5-8,11,14H,4,9-10H2,1-3H3,(H,29,31)/t14-/m1/s1. The Morgan fingerprint density at radius 1 is 0.943 bits per heavy atom. The highest BCUT2D eigenvalue weighted by Gasteiger charge is 2.47. The van der Waals surface area contributed by atoms with Crippen molar-refractivity contribution in [2.24, 2.45) is 5.92 Å². The van der Waals surface area contributed by atoms with Gasteiger partial charge >= 0.3 is 5.97 Å². The van der Waals surface area contributed by atoms with E-state index in [0.29, 0.717) is 12.1 Å². The zero-order valence-electron chi connectivity index (χ0n) is 19.1. The topological polar surface area (TPSA) is 92.8 Å². The lowest BCUT2D eigenvalue weighted by Crippen LogP contribution is -2.47. The number of anilines is 1. The SMILES string of the molecule is CCc1ccccc1NC(=O)COC(=O)[C@@H](CC(C)C)N1C(=O)c2c(Cl)c(Cl)c(Cl)c(Cl)c2C1=O. The minimum atomic E-state index is -1.32. The number of nitrogens with zero attached hydrogens (tertiary/aromatic N) is 1.